The van der Waals surface area contributed by atoms with Gasteiger partial charge in [0, 0.05) is 0 Å². The smallest absolute Gasteiger partial charge is 0.00975 e. The molecule has 1 atom stereocenters. The molecular formula is C12H16. The van der Waals surface area contributed by atoms with Crippen LogP contribution < -0.4 is 0 Å². The van der Waals surface area contributed by atoms with Crippen LogP contribution in [-0.2, 0) is 0 Å². The number of allylic oxidation sites excluding steroid dienone is 6. The van der Waals surface area contributed by atoms with Crippen LogP contribution in [0.1, 0.15) is 32.6 Å². The SMILES string of the molecule is CC1=CC(C/C=C2/C=CC2)CC1. The highest BCUT2D eigenvalue weighted by Gasteiger charge is 2.11. The molecule has 0 aromatic rings. The van der Waals surface area contributed by atoms with E-state index < -0.39 is 0 Å². The lowest BCUT2D eigenvalue weighted by Crippen LogP contribution is -1.92. The second-order valence-corrected chi connectivity index (χ2v) is 3.93. The molecule has 0 amide bonds. The van der Waals surface area contributed by atoms with Crippen molar-refractivity contribution in [2.75, 3.05) is 0 Å². The van der Waals surface area contributed by atoms with Gasteiger partial charge in [0.2, 0.25) is 0 Å². The third-order valence-electron chi connectivity index (χ3n) is 2.80. The summed E-state index contributed by atoms with van der Waals surface area (Å²) in [4.78, 5) is 0. The summed E-state index contributed by atoms with van der Waals surface area (Å²) in [5, 5.41) is 0. The van der Waals surface area contributed by atoms with Gasteiger partial charge >= 0.3 is 0 Å². The minimum Gasteiger partial charge on any atom is -0.0822 e. The molecule has 0 saturated carbocycles. The highest BCUT2D eigenvalue weighted by atomic mass is 14.2. The van der Waals surface area contributed by atoms with Crippen LogP contribution in [0.2, 0.25) is 0 Å². The van der Waals surface area contributed by atoms with Crippen molar-refractivity contribution < 1.29 is 0 Å². The fourth-order valence-electron chi connectivity index (χ4n) is 1.88. The first-order chi connectivity index (χ1) is 5.84. The molecule has 2 rings (SSSR count). The molecule has 0 aliphatic heterocycles. The standard InChI is InChI=1S/C12H16/c1-10-5-6-12(9-10)8-7-11-3-2-4-11/h2-3,7,9,12H,4-6,8H2,1H3/b11-7-. The van der Waals surface area contributed by atoms with Crippen molar-refractivity contribution in [2.45, 2.75) is 32.6 Å². The van der Waals surface area contributed by atoms with Crippen molar-refractivity contribution in [1.29, 1.82) is 0 Å². The molecule has 0 nitrogen and oxygen atoms in total. The van der Waals surface area contributed by atoms with E-state index in [0.717, 1.165) is 5.92 Å². The van der Waals surface area contributed by atoms with E-state index in [9.17, 15) is 0 Å². The van der Waals surface area contributed by atoms with Gasteiger partial charge in [-0.1, -0.05) is 29.9 Å². The van der Waals surface area contributed by atoms with Gasteiger partial charge in [-0.3, -0.25) is 0 Å². The Hall–Kier alpha value is -0.780. The molecule has 0 heteroatoms. The largest absolute Gasteiger partial charge is 0.0822 e. The van der Waals surface area contributed by atoms with Crippen molar-refractivity contribution in [1.82, 2.24) is 0 Å². The Morgan fingerprint density at radius 2 is 2.42 bits per heavy atom. The van der Waals surface area contributed by atoms with Gasteiger partial charge in [-0.05, 0) is 44.1 Å². The molecule has 1 unspecified atom stereocenters. The summed E-state index contributed by atoms with van der Waals surface area (Å²) in [6, 6.07) is 0. The quantitative estimate of drug-likeness (QED) is 0.541. The number of hydrogen-bond acceptors (Lipinski definition) is 0. The van der Waals surface area contributed by atoms with Gasteiger partial charge in [-0.25, -0.2) is 0 Å². The van der Waals surface area contributed by atoms with Gasteiger partial charge in [-0.15, -0.1) is 0 Å². The third kappa shape index (κ3) is 1.69. The van der Waals surface area contributed by atoms with Crippen LogP contribution in [0, 0.1) is 5.92 Å². The summed E-state index contributed by atoms with van der Waals surface area (Å²) in [5.41, 5.74) is 3.12. The van der Waals surface area contributed by atoms with Gasteiger partial charge in [-0.2, -0.15) is 0 Å². The second-order valence-electron chi connectivity index (χ2n) is 3.93. The first-order valence-corrected chi connectivity index (χ1v) is 4.87. The molecule has 2 aliphatic rings. The molecule has 0 saturated heterocycles. The Morgan fingerprint density at radius 1 is 1.58 bits per heavy atom. The van der Waals surface area contributed by atoms with E-state index in [0.29, 0.717) is 0 Å². The van der Waals surface area contributed by atoms with E-state index in [1.807, 2.05) is 0 Å². The van der Waals surface area contributed by atoms with E-state index in [4.69, 9.17) is 0 Å². The summed E-state index contributed by atoms with van der Waals surface area (Å²) in [5.74, 6) is 0.839. The zero-order chi connectivity index (χ0) is 8.39. The zero-order valence-electron chi connectivity index (χ0n) is 7.72. The van der Waals surface area contributed by atoms with E-state index in [1.165, 1.54) is 31.3 Å². The summed E-state index contributed by atoms with van der Waals surface area (Å²) in [7, 11) is 0. The Bertz CT molecular complexity index is 253. The van der Waals surface area contributed by atoms with Crippen molar-refractivity contribution in [3.05, 3.63) is 35.5 Å². The highest BCUT2D eigenvalue weighted by molar-refractivity contribution is 5.31. The average Bonchev–Trinajstić information content (AvgIpc) is 2.32. The Morgan fingerprint density at radius 3 is 2.92 bits per heavy atom. The maximum atomic E-state index is 2.44. The number of rotatable bonds is 2. The lowest BCUT2D eigenvalue weighted by atomic mass is 9.97. The van der Waals surface area contributed by atoms with Crippen LogP contribution in [0.4, 0.5) is 0 Å². The van der Waals surface area contributed by atoms with Gasteiger partial charge in [0.1, 0.15) is 0 Å². The lowest BCUT2D eigenvalue weighted by molar-refractivity contribution is 0.639. The first kappa shape index (κ1) is 7.85. The molecule has 0 aromatic heterocycles. The lowest BCUT2D eigenvalue weighted by Gasteiger charge is -2.08. The molecule has 0 spiro atoms. The molecule has 0 aromatic carbocycles. The molecule has 2 aliphatic carbocycles. The van der Waals surface area contributed by atoms with Gasteiger partial charge in [0.05, 0.1) is 0 Å². The fraction of sp³-hybridized carbons (Fsp3) is 0.500. The zero-order valence-corrected chi connectivity index (χ0v) is 7.72. The monoisotopic (exact) mass is 160 g/mol. The predicted molar refractivity (Wildman–Crippen MR) is 52.9 cm³/mol. The summed E-state index contributed by atoms with van der Waals surface area (Å²) in [6.45, 7) is 2.25. The van der Waals surface area contributed by atoms with Crippen molar-refractivity contribution >= 4 is 0 Å². The normalized spacial score (nSPS) is 30.6. The van der Waals surface area contributed by atoms with Crippen molar-refractivity contribution in [3.8, 4) is 0 Å². The molecule has 0 fully saturated rings. The van der Waals surface area contributed by atoms with Gasteiger partial charge < -0.3 is 0 Å². The van der Waals surface area contributed by atoms with Crippen molar-refractivity contribution in [2.24, 2.45) is 5.92 Å². The molecule has 64 valence electrons. The van der Waals surface area contributed by atoms with Crippen molar-refractivity contribution in [3.63, 3.8) is 0 Å². The minimum atomic E-state index is 0.839. The van der Waals surface area contributed by atoms with Crippen LogP contribution in [-0.4, -0.2) is 0 Å². The molecule has 0 bridgehead atoms. The summed E-state index contributed by atoms with van der Waals surface area (Å²) < 4.78 is 0. The summed E-state index contributed by atoms with van der Waals surface area (Å²) >= 11 is 0. The van der Waals surface area contributed by atoms with Crippen LogP contribution in [0.25, 0.3) is 0 Å². The molecular weight excluding hydrogens is 144 g/mol. The van der Waals surface area contributed by atoms with Crippen LogP contribution in [0.5, 0.6) is 0 Å². The molecule has 0 radical (unpaired) electrons. The number of hydrogen-bond donors (Lipinski definition) is 0. The van der Waals surface area contributed by atoms with E-state index in [-0.39, 0.29) is 0 Å². The van der Waals surface area contributed by atoms with Gasteiger partial charge in [0.25, 0.3) is 0 Å². The van der Waals surface area contributed by atoms with Crippen LogP contribution in [0.15, 0.2) is 35.5 Å². The fourth-order valence-corrected chi connectivity index (χ4v) is 1.88. The molecule has 0 N–H and O–H groups in total. The first-order valence-electron chi connectivity index (χ1n) is 4.87. The average molecular weight is 160 g/mol. The Balaban J connectivity index is 1.84. The van der Waals surface area contributed by atoms with Crippen LogP contribution >= 0.6 is 0 Å². The second kappa shape index (κ2) is 3.30. The highest BCUT2D eigenvalue weighted by Crippen LogP contribution is 2.27. The maximum Gasteiger partial charge on any atom is -0.00975 e. The van der Waals surface area contributed by atoms with Gasteiger partial charge in [0.15, 0.2) is 0 Å². The summed E-state index contributed by atoms with van der Waals surface area (Å²) in [6.07, 6.45) is 14.5. The van der Waals surface area contributed by atoms with E-state index in [1.54, 1.807) is 5.57 Å². The Kier molecular flexibility index (Phi) is 2.16. The maximum absolute atomic E-state index is 2.44. The minimum absolute atomic E-state index is 0.839. The van der Waals surface area contributed by atoms with E-state index in [2.05, 4.69) is 31.2 Å². The topological polar surface area (TPSA) is 0 Å². The molecule has 12 heavy (non-hydrogen) atoms. The van der Waals surface area contributed by atoms with Crippen LogP contribution in [0.3, 0.4) is 0 Å². The Labute approximate surface area is 74.7 Å². The predicted octanol–water partition coefficient (Wildman–Crippen LogP) is 3.62. The van der Waals surface area contributed by atoms with E-state index >= 15 is 0 Å². The molecule has 0 heterocycles. The third-order valence-corrected chi connectivity index (χ3v) is 2.80.